The van der Waals surface area contributed by atoms with Crippen LogP contribution in [0.25, 0.3) is 34.8 Å². The van der Waals surface area contributed by atoms with Crippen LogP contribution in [0.5, 0.6) is 0 Å². The van der Waals surface area contributed by atoms with Crippen molar-refractivity contribution in [1.82, 2.24) is 19.9 Å². The van der Waals surface area contributed by atoms with Crippen LogP contribution in [0.1, 0.15) is 26.5 Å². The monoisotopic (exact) mass is 414 g/mol. The molecule has 0 saturated carbocycles. The lowest BCUT2D eigenvalue weighted by Crippen LogP contribution is -2.13. The van der Waals surface area contributed by atoms with E-state index < -0.39 is 0 Å². The molecule has 0 saturated heterocycles. The third-order valence-corrected chi connectivity index (χ3v) is 4.11. The van der Waals surface area contributed by atoms with Crippen LogP contribution in [0.4, 0.5) is 0 Å². The van der Waals surface area contributed by atoms with Gasteiger partial charge in [0.25, 0.3) is 0 Å². The van der Waals surface area contributed by atoms with Gasteiger partial charge >= 0.3 is 0 Å². The Morgan fingerprint density at radius 3 is 2.08 bits per heavy atom. The van der Waals surface area contributed by atoms with Crippen LogP contribution >= 0.6 is 15.9 Å². The van der Waals surface area contributed by atoms with Crippen LogP contribution in [-0.4, -0.2) is 19.9 Å². The van der Waals surface area contributed by atoms with Gasteiger partial charge in [0.05, 0.1) is 6.20 Å². The van der Waals surface area contributed by atoms with Gasteiger partial charge in [-0.1, -0.05) is 36.7 Å². The predicted octanol–water partition coefficient (Wildman–Crippen LogP) is 5.11. The summed E-state index contributed by atoms with van der Waals surface area (Å²) in [6.07, 6.45) is 5.97. The highest BCUT2D eigenvalue weighted by atomic mass is 79.9. The van der Waals surface area contributed by atoms with Crippen molar-refractivity contribution in [2.24, 2.45) is 0 Å². The van der Waals surface area contributed by atoms with Crippen molar-refractivity contribution in [3.05, 3.63) is 47.3 Å². The zero-order chi connectivity index (χ0) is 18.3. The van der Waals surface area contributed by atoms with Crippen LogP contribution in [0.2, 0.25) is 0 Å². The molecule has 0 aromatic carbocycles. The summed E-state index contributed by atoms with van der Waals surface area (Å²) in [5, 5.41) is 0. The Labute approximate surface area is 157 Å². The van der Waals surface area contributed by atoms with Gasteiger partial charge in [0, 0.05) is 15.6 Å². The lowest BCUT2D eigenvalue weighted by molar-refractivity contribution is 0.554. The largest absolute Gasteiger partial charge is 0.443 e. The number of aromatic nitrogens is 4. The molecule has 132 valence electrons. The summed E-state index contributed by atoms with van der Waals surface area (Å²) in [4.78, 5) is 17.5. The summed E-state index contributed by atoms with van der Waals surface area (Å²) in [5.74, 6) is 1.09. The van der Waals surface area contributed by atoms with E-state index in [-0.39, 0.29) is 5.41 Å². The molecule has 0 spiro atoms. The summed E-state index contributed by atoms with van der Waals surface area (Å²) in [5.41, 5.74) is 2.43. The van der Waals surface area contributed by atoms with Crippen LogP contribution in [0, 0.1) is 0 Å². The van der Waals surface area contributed by atoms with Gasteiger partial charge < -0.3 is 13.3 Å². The SMILES string of the molecule is CC(C)(C)c1cc(Br)cc(-c2nc(-c3nc(-c4ncco4)co3)co2)n1. The Morgan fingerprint density at radius 2 is 1.46 bits per heavy atom. The van der Waals surface area contributed by atoms with E-state index in [1.807, 2.05) is 12.1 Å². The number of pyridine rings is 1. The number of nitrogens with zero attached hydrogens (tertiary/aromatic N) is 4. The Morgan fingerprint density at radius 1 is 0.808 bits per heavy atom. The Bertz CT molecular complexity index is 1040. The van der Waals surface area contributed by atoms with Crippen molar-refractivity contribution >= 4 is 15.9 Å². The molecule has 4 aromatic heterocycles. The molecule has 7 nitrogen and oxygen atoms in total. The maximum Gasteiger partial charge on any atom is 0.249 e. The first kappa shape index (κ1) is 16.7. The molecule has 0 fully saturated rings. The Kier molecular flexibility index (Phi) is 3.99. The lowest BCUT2D eigenvalue weighted by Gasteiger charge is -2.18. The second-order valence-corrected chi connectivity index (χ2v) is 7.63. The lowest BCUT2D eigenvalue weighted by atomic mass is 9.91. The van der Waals surface area contributed by atoms with Crippen molar-refractivity contribution in [1.29, 1.82) is 0 Å². The Balaban J connectivity index is 1.68. The van der Waals surface area contributed by atoms with Crippen LogP contribution in [0.3, 0.4) is 0 Å². The first-order valence-corrected chi connectivity index (χ1v) is 8.69. The maximum atomic E-state index is 5.59. The van der Waals surface area contributed by atoms with Crippen LogP contribution < -0.4 is 0 Å². The molecule has 0 aliphatic carbocycles. The van der Waals surface area contributed by atoms with E-state index in [9.17, 15) is 0 Å². The van der Waals surface area contributed by atoms with Gasteiger partial charge in [0.15, 0.2) is 11.4 Å². The van der Waals surface area contributed by atoms with Crippen LogP contribution in [0.15, 0.2) is 54.8 Å². The van der Waals surface area contributed by atoms with E-state index in [0.29, 0.717) is 34.8 Å². The summed E-state index contributed by atoms with van der Waals surface area (Å²) in [6, 6.07) is 3.85. The molecule has 8 heteroatoms. The predicted molar refractivity (Wildman–Crippen MR) is 97.1 cm³/mol. The number of rotatable bonds is 3. The summed E-state index contributed by atoms with van der Waals surface area (Å²) < 4.78 is 17.2. The summed E-state index contributed by atoms with van der Waals surface area (Å²) >= 11 is 3.52. The Hall–Kier alpha value is -2.74. The first-order valence-electron chi connectivity index (χ1n) is 7.90. The smallest absolute Gasteiger partial charge is 0.249 e. The molecule has 4 aromatic rings. The molecule has 0 amide bonds. The number of oxazole rings is 3. The van der Waals surface area contributed by atoms with Crippen molar-refractivity contribution in [3.63, 3.8) is 0 Å². The third kappa shape index (κ3) is 3.20. The van der Waals surface area contributed by atoms with Crippen molar-refractivity contribution in [2.75, 3.05) is 0 Å². The van der Waals surface area contributed by atoms with E-state index >= 15 is 0 Å². The molecule has 0 atom stereocenters. The maximum absolute atomic E-state index is 5.59. The van der Waals surface area contributed by atoms with Gasteiger partial charge in [-0.2, -0.15) is 0 Å². The zero-order valence-corrected chi connectivity index (χ0v) is 15.9. The number of halogens is 1. The van der Waals surface area contributed by atoms with Gasteiger partial charge in [-0.05, 0) is 12.1 Å². The van der Waals surface area contributed by atoms with E-state index in [4.69, 9.17) is 13.3 Å². The average molecular weight is 415 g/mol. The van der Waals surface area contributed by atoms with Gasteiger partial charge in [-0.3, -0.25) is 0 Å². The van der Waals surface area contributed by atoms with Crippen molar-refractivity contribution in [3.8, 4) is 34.8 Å². The molecule has 0 N–H and O–H groups in total. The van der Waals surface area contributed by atoms with Crippen molar-refractivity contribution in [2.45, 2.75) is 26.2 Å². The molecule has 0 bridgehead atoms. The van der Waals surface area contributed by atoms with Gasteiger partial charge in [-0.15, -0.1) is 0 Å². The highest BCUT2D eigenvalue weighted by Crippen LogP contribution is 2.30. The van der Waals surface area contributed by atoms with Gasteiger partial charge in [0.2, 0.25) is 17.7 Å². The first-order chi connectivity index (χ1) is 12.4. The molecular weight excluding hydrogens is 400 g/mol. The topological polar surface area (TPSA) is 91.0 Å². The molecule has 0 aliphatic rings. The number of hydrogen-bond acceptors (Lipinski definition) is 7. The summed E-state index contributed by atoms with van der Waals surface area (Å²) in [6.45, 7) is 6.30. The molecular formula is C18H15BrN4O3. The fourth-order valence-corrected chi connectivity index (χ4v) is 2.75. The van der Waals surface area contributed by atoms with E-state index in [0.717, 1.165) is 10.2 Å². The van der Waals surface area contributed by atoms with E-state index in [1.165, 1.54) is 18.8 Å². The summed E-state index contributed by atoms with van der Waals surface area (Å²) in [7, 11) is 0. The standard InChI is InChI=1S/C18H15BrN4O3/c1-18(2,3)14-7-10(19)6-11(21-14)16-23-13(9-25-16)17-22-12(8-26-17)15-20-4-5-24-15/h4-9H,1-3H3. The minimum atomic E-state index is -0.0958. The minimum absolute atomic E-state index is 0.0958. The molecule has 0 unspecified atom stereocenters. The highest BCUT2D eigenvalue weighted by Gasteiger charge is 2.20. The van der Waals surface area contributed by atoms with Crippen molar-refractivity contribution < 1.29 is 13.3 Å². The normalized spacial score (nSPS) is 11.8. The molecule has 4 heterocycles. The fourth-order valence-electron chi connectivity index (χ4n) is 2.32. The molecule has 0 aliphatic heterocycles. The highest BCUT2D eigenvalue weighted by molar-refractivity contribution is 9.10. The quantitative estimate of drug-likeness (QED) is 0.459. The van der Waals surface area contributed by atoms with E-state index in [2.05, 4.69) is 56.6 Å². The fraction of sp³-hybridized carbons (Fsp3) is 0.222. The second-order valence-electron chi connectivity index (χ2n) is 6.72. The minimum Gasteiger partial charge on any atom is -0.443 e. The van der Waals surface area contributed by atoms with Gasteiger partial charge in [-0.25, -0.2) is 19.9 Å². The molecule has 4 rings (SSSR count). The average Bonchev–Trinajstić information content (AvgIpc) is 3.32. The second kappa shape index (κ2) is 6.21. The molecule has 26 heavy (non-hydrogen) atoms. The van der Waals surface area contributed by atoms with Gasteiger partial charge in [0.1, 0.15) is 24.5 Å². The molecule has 0 radical (unpaired) electrons. The van der Waals surface area contributed by atoms with E-state index in [1.54, 1.807) is 6.20 Å². The number of hydrogen-bond donors (Lipinski definition) is 0. The van der Waals surface area contributed by atoms with Crippen LogP contribution in [-0.2, 0) is 5.41 Å². The zero-order valence-electron chi connectivity index (χ0n) is 14.4. The third-order valence-electron chi connectivity index (χ3n) is 3.66.